The Balaban J connectivity index is 3.24. The summed E-state index contributed by atoms with van der Waals surface area (Å²) in [7, 11) is 3.25. The molecule has 0 unspecified atom stereocenters. The summed E-state index contributed by atoms with van der Waals surface area (Å²) in [5.41, 5.74) is 6.98. The van der Waals surface area contributed by atoms with Gasteiger partial charge in [0.15, 0.2) is 0 Å². The second-order valence-corrected chi connectivity index (χ2v) is 4.01. The maximum absolute atomic E-state index is 5.99. The zero-order chi connectivity index (χ0) is 11.4. The van der Waals surface area contributed by atoms with E-state index in [-0.39, 0.29) is 6.04 Å². The molecular formula is C11H16BrNO2. The van der Waals surface area contributed by atoms with Gasteiger partial charge >= 0.3 is 0 Å². The second-order valence-electron chi connectivity index (χ2n) is 3.22. The van der Waals surface area contributed by atoms with E-state index in [0.29, 0.717) is 0 Å². The molecule has 1 rings (SSSR count). The van der Waals surface area contributed by atoms with Crippen molar-refractivity contribution >= 4 is 15.9 Å². The van der Waals surface area contributed by atoms with Gasteiger partial charge in [0.1, 0.15) is 16.0 Å². The Bertz CT molecular complexity index is 342. The highest BCUT2D eigenvalue weighted by molar-refractivity contribution is 9.10. The Hall–Kier alpha value is -0.740. The van der Waals surface area contributed by atoms with Gasteiger partial charge in [-0.3, -0.25) is 0 Å². The minimum Gasteiger partial charge on any atom is -0.495 e. The first-order valence-corrected chi connectivity index (χ1v) is 5.60. The van der Waals surface area contributed by atoms with Crippen molar-refractivity contribution < 1.29 is 9.47 Å². The molecule has 0 aliphatic carbocycles. The first-order chi connectivity index (χ1) is 7.15. The largest absolute Gasteiger partial charge is 0.495 e. The minimum absolute atomic E-state index is 0.0119. The molecule has 0 aliphatic rings. The molecule has 0 aliphatic heterocycles. The van der Waals surface area contributed by atoms with Crippen LogP contribution in [-0.4, -0.2) is 14.2 Å². The molecule has 0 heterocycles. The van der Waals surface area contributed by atoms with Crippen LogP contribution in [0.5, 0.6) is 11.5 Å². The highest BCUT2D eigenvalue weighted by Crippen LogP contribution is 2.39. The van der Waals surface area contributed by atoms with Gasteiger partial charge in [0, 0.05) is 11.6 Å². The maximum atomic E-state index is 5.99. The number of nitrogens with two attached hydrogens (primary N) is 1. The maximum Gasteiger partial charge on any atom is 0.141 e. The van der Waals surface area contributed by atoms with Crippen LogP contribution in [-0.2, 0) is 0 Å². The lowest BCUT2D eigenvalue weighted by atomic mass is 10.0. The van der Waals surface area contributed by atoms with E-state index in [0.717, 1.165) is 28.0 Å². The SMILES string of the molecule is CC[C@@H](N)c1ccc(OC)c(Br)c1OC. The van der Waals surface area contributed by atoms with Crippen LogP contribution in [0.2, 0.25) is 0 Å². The van der Waals surface area contributed by atoms with Gasteiger partial charge in [0.05, 0.1) is 14.2 Å². The highest BCUT2D eigenvalue weighted by Gasteiger charge is 2.16. The zero-order valence-electron chi connectivity index (χ0n) is 9.21. The number of rotatable bonds is 4. The van der Waals surface area contributed by atoms with E-state index in [1.165, 1.54) is 0 Å². The number of hydrogen-bond acceptors (Lipinski definition) is 3. The zero-order valence-corrected chi connectivity index (χ0v) is 10.8. The summed E-state index contributed by atoms with van der Waals surface area (Å²) in [4.78, 5) is 0. The Labute approximate surface area is 98.7 Å². The van der Waals surface area contributed by atoms with Crippen molar-refractivity contribution in [1.82, 2.24) is 0 Å². The van der Waals surface area contributed by atoms with Crippen molar-refractivity contribution in [3.63, 3.8) is 0 Å². The third-order valence-corrected chi connectivity index (χ3v) is 3.11. The Morgan fingerprint density at radius 1 is 1.33 bits per heavy atom. The van der Waals surface area contributed by atoms with Crippen LogP contribution in [0.4, 0.5) is 0 Å². The summed E-state index contributed by atoms with van der Waals surface area (Å²) in [6, 6.07) is 3.82. The van der Waals surface area contributed by atoms with Gasteiger partial charge in [-0.25, -0.2) is 0 Å². The van der Waals surface area contributed by atoms with Gasteiger partial charge in [-0.1, -0.05) is 6.92 Å². The van der Waals surface area contributed by atoms with Crippen LogP contribution in [0, 0.1) is 0 Å². The first-order valence-electron chi connectivity index (χ1n) is 4.81. The Morgan fingerprint density at radius 2 is 2.00 bits per heavy atom. The van der Waals surface area contributed by atoms with E-state index >= 15 is 0 Å². The van der Waals surface area contributed by atoms with Gasteiger partial charge < -0.3 is 15.2 Å². The molecule has 0 amide bonds. The third kappa shape index (κ3) is 2.44. The van der Waals surface area contributed by atoms with E-state index in [4.69, 9.17) is 15.2 Å². The first kappa shape index (κ1) is 12.3. The third-order valence-electron chi connectivity index (χ3n) is 2.36. The van der Waals surface area contributed by atoms with E-state index in [2.05, 4.69) is 15.9 Å². The smallest absolute Gasteiger partial charge is 0.141 e. The normalized spacial score (nSPS) is 12.3. The predicted octanol–water partition coefficient (Wildman–Crippen LogP) is 2.88. The topological polar surface area (TPSA) is 44.5 Å². The van der Waals surface area contributed by atoms with E-state index in [1.807, 2.05) is 19.1 Å². The van der Waals surface area contributed by atoms with Crippen LogP contribution in [0.1, 0.15) is 24.9 Å². The summed E-state index contributed by atoms with van der Waals surface area (Å²) < 4.78 is 11.3. The molecular weight excluding hydrogens is 258 g/mol. The second kappa shape index (κ2) is 5.37. The molecule has 0 fully saturated rings. The number of methoxy groups -OCH3 is 2. The van der Waals surface area contributed by atoms with Crippen LogP contribution in [0.25, 0.3) is 0 Å². The quantitative estimate of drug-likeness (QED) is 0.918. The van der Waals surface area contributed by atoms with Gasteiger partial charge in [0.2, 0.25) is 0 Å². The van der Waals surface area contributed by atoms with Crippen molar-refractivity contribution in [1.29, 1.82) is 0 Å². The molecule has 2 N–H and O–H groups in total. The molecule has 1 aromatic rings. The molecule has 0 saturated heterocycles. The molecule has 0 bridgehead atoms. The molecule has 84 valence electrons. The molecule has 0 aromatic heterocycles. The van der Waals surface area contributed by atoms with E-state index < -0.39 is 0 Å². The molecule has 1 aromatic carbocycles. The van der Waals surface area contributed by atoms with Crippen molar-refractivity contribution in [2.45, 2.75) is 19.4 Å². The average Bonchev–Trinajstić information content (AvgIpc) is 2.27. The fraction of sp³-hybridized carbons (Fsp3) is 0.455. The summed E-state index contributed by atoms with van der Waals surface area (Å²) in [6.45, 7) is 2.04. The summed E-state index contributed by atoms with van der Waals surface area (Å²) in [5, 5.41) is 0. The van der Waals surface area contributed by atoms with Gasteiger partial charge in [-0.05, 0) is 34.5 Å². The fourth-order valence-electron chi connectivity index (χ4n) is 1.43. The lowest BCUT2D eigenvalue weighted by Gasteiger charge is -2.17. The van der Waals surface area contributed by atoms with Gasteiger partial charge in [0.25, 0.3) is 0 Å². The van der Waals surface area contributed by atoms with E-state index in [1.54, 1.807) is 14.2 Å². The van der Waals surface area contributed by atoms with Crippen LogP contribution in [0.3, 0.4) is 0 Å². The Kier molecular flexibility index (Phi) is 4.42. The summed E-state index contributed by atoms with van der Waals surface area (Å²) in [5.74, 6) is 1.50. The van der Waals surface area contributed by atoms with Crippen molar-refractivity contribution in [2.75, 3.05) is 14.2 Å². The molecule has 0 radical (unpaired) electrons. The monoisotopic (exact) mass is 273 g/mol. The van der Waals surface area contributed by atoms with Crippen molar-refractivity contribution in [2.24, 2.45) is 5.73 Å². The van der Waals surface area contributed by atoms with Crippen molar-refractivity contribution in [3.05, 3.63) is 22.2 Å². The van der Waals surface area contributed by atoms with Crippen LogP contribution < -0.4 is 15.2 Å². The summed E-state index contributed by atoms with van der Waals surface area (Å²) >= 11 is 3.44. The number of ether oxygens (including phenoxy) is 2. The summed E-state index contributed by atoms with van der Waals surface area (Å²) in [6.07, 6.45) is 0.870. The minimum atomic E-state index is -0.0119. The molecule has 1 atom stereocenters. The molecule has 4 heteroatoms. The number of hydrogen-bond donors (Lipinski definition) is 1. The molecule has 3 nitrogen and oxygen atoms in total. The lowest BCUT2D eigenvalue weighted by molar-refractivity contribution is 0.383. The number of halogens is 1. The highest BCUT2D eigenvalue weighted by atomic mass is 79.9. The van der Waals surface area contributed by atoms with Crippen molar-refractivity contribution in [3.8, 4) is 11.5 Å². The molecule has 0 spiro atoms. The van der Waals surface area contributed by atoms with Gasteiger partial charge in [-0.2, -0.15) is 0 Å². The lowest BCUT2D eigenvalue weighted by Crippen LogP contribution is -2.10. The number of benzene rings is 1. The fourth-order valence-corrected chi connectivity index (χ4v) is 2.11. The van der Waals surface area contributed by atoms with Crippen LogP contribution in [0.15, 0.2) is 16.6 Å². The average molecular weight is 274 g/mol. The molecule has 0 saturated carbocycles. The van der Waals surface area contributed by atoms with Crippen LogP contribution >= 0.6 is 15.9 Å². The Morgan fingerprint density at radius 3 is 2.47 bits per heavy atom. The van der Waals surface area contributed by atoms with Gasteiger partial charge in [-0.15, -0.1) is 0 Å². The standard InChI is InChI=1S/C11H16BrNO2/c1-4-8(13)7-5-6-9(14-2)10(12)11(7)15-3/h5-6,8H,4,13H2,1-3H3/t8-/m1/s1. The van der Waals surface area contributed by atoms with E-state index in [9.17, 15) is 0 Å². The predicted molar refractivity (Wildman–Crippen MR) is 64.5 cm³/mol. The molecule has 15 heavy (non-hydrogen) atoms.